The number of aryl methyl sites for hydroxylation is 1. The minimum absolute atomic E-state index is 0.0854. The number of piperidine rings is 1. The zero-order chi connectivity index (χ0) is 23.8. The van der Waals surface area contributed by atoms with Crippen molar-refractivity contribution in [2.45, 2.75) is 43.7 Å². The second-order valence-electron chi connectivity index (χ2n) is 8.15. The molecule has 0 bridgehead atoms. The molecule has 2 heterocycles. The van der Waals surface area contributed by atoms with Crippen LogP contribution in [0.15, 0.2) is 47.5 Å². The van der Waals surface area contributed by atoms with E-state index in [2.05, 4.69) is 4.98 Å². The Morgan fingerprint density at radius 1 is 1.24 bits per heavy atom. The fourth-order valence-electron chi connectivity index (χ4n) is 4.62. The highest BCUT2D eigenvalue weighted by molar-refractivity contribution is 7.89. The topological polar surface area (TPSA) is 109 Å². The lowest BCUT2D eigenvalue weighted by Crippen LogP contribution is -2.43. The van der Waals surface area contributed by atoms with Crippen molar-refractivity contribution in [2.75, 3.05) is 20.3 Å². The quantitative estimate of drug-likeness (QED) is 0.536. The number of hydrogen-bond donors (Lipinski definition) is 2. The molecule has 176 valence electrons. The van der Waals surface area contributed by atoms with Gasteiger partial charge in [-0.25, -0.2) is 13.2 Å². The number of aromatic nitrogens is 1. The number of benzene rings is 2. The van der Waals surface area contributed by atoms with E-state index in [1.807, 2.05) is 13.8 Å². The number of carbonyl (C=O) groups is 1. The third-order valence-corrected chi connectivity index (χ3v) is 8.19. The summed E-state index contributed by atoms with van der Waals surface area (Å²) in [7, 11) is -2.50. The molecule has 0 spiro atoms. The van der Waals surface area contributed by atoms with Gasteiger partial charge in [-0.15, -0.1) is 0 Å². The van der Waals surface area contributed by atoms with Crippen molar-refractivity contribution in [1.29, 1.82) is 0 Å². The lowest BCUT2D eigenvalue weighted by molar-refractivity contribution is 0.0108. The molecular weight excluding hydrogens is 444 g/mol. The van der Waals surface area contributed by atoms with Crippen LogP contribution in [0.4, 0.5) is 0 Å². The van der Waals surface area contributed by atoms with E-state index in [1.165, 1.54) is 23.5 Å². The fourth-order valence-corrected chi connectivity index (χ4v) is 6.59. The van der Waals surface area contributed by atoms with Crippen molar-refractivity contribution in [1.82, 2.24) is 9.29 Å². The van der Waals surface area contributed by atoms with Crippen molar-refractivity contribution in [3.8, 4) is 5.75 Å². The maximum Gasteiger partial charge on any atom is 0.335 e. The van der Waals surface area contributed by atoms with E-state index < -0.39 is 22.0 Å². The number of hydrogen-bond acceptors (Lipinski definition) is 5. The maximum absolute atomic E-state index is 14.1. The lowest BCUT2D eigenvalue weighted by atomic mass is 9.94. The first-order chi connectivity index (χ1) is 15.8. The molecule has 0 amide bonds. The molecule has 1 aromatic heterocycles. The van der Waals surface area contributed by atoms with Gasteiger partial charge in [0.15, 0.2) is 0 Å². The van der Waals surface area contributed by atoms with Crippen LogP contribution < -0.4 is 4.74 Å². The minimum Gasteiger partial charge on any atom is -0.495 e. The molecule has 1 fully saturated rings. The Kier molecular flexibility index (Phi) is 6.47. The summed E-state index contributed by atoms with van der Waals surface area (Å²) in [5, 5.41) is 9.83. The number of H-pyrrole nitrogens is 1. The minimum atomic E-state index is -3.96. The maximum atomic E-state index is 14.1. The van der Waals surface area contributed by atoms with E-state index in [-0.39, 0.29) is 23.1 Å². The van der Waals surface area contributed by atoms with Crippen LogP contribution in [0.5, 0.6) is 5.75 Å². The third-order valence-electron chi connectivity index (χ3n) is 6.19. The zero-order valence-corrected chi connectivity index (χ0v) is 19.7. The predicted molar refractivity (Wildman–Crippen MR) is 124 cm³/mol. The first kappa shape index (κ1) is 23.3. The van der Waals surface area contributed by atoms with Crippen molar-refractivity contribution in [2.24, 2.45) is 0 Å². The van der Waals surface area contributed by atoms with Crippen LogP contribution in [-0.2, 0) is 14.8 Å². The molecule has 1 saturated heterocycles. The number of sulfonamides is 1. The SMILES string of the molecule is CCO[C@H]1CCN(S(=O)(=O)c2c(OC)cc(C)c3[nH]ccc23)[C@H](c2ccc(C(=O)O)cc2)C1. The molecule has 2 N–H and O–H groups in total. The molecule has 1 aliphatic heterocycles. The summed E-state index contributed by atoms with van der Waals surface area (Å²) in [5.74, 6) is -0.729. The van der Waals surface area contributed by atoms with Gasteiger partial charge in [-0.2, -0.15) is 4.31 Å². The molecule has 3 aromatic rings. The zero-order valence-electron chi connectivity index (χ0n) is 18.9. The van der Waals surface area contributed by atoms with Crippen LogP contribution in [0.1, 0.15) is 47.3 Å². The van der Waals surface area contributed by atoms with Gasteiger partial charge in [0.2, 0.25) is 10.0 Å². The molecule has 4 rings (SSSR count). The molecule has 0 aliphatic carbocycles. The van der Waals surface area contributed by atoms with E-state index in [1.54, 1.807) is 30.5 Å². The van der Waals surface area contributed by atoms with Gasteiger partial charge in [-0.05, 0) is 62.1 Å². The summed E-state index contributed by atoms with van der Waals surface area (Å²) in [6.45, 7) is 4.64. The number of fused-ring (bicyclic) bond motifs is 1. The van der Waals surface area contributed by atoms with Gasteiger partial charge < -0.3 is 19.6 Å². The standard InChI is InChI=1S/C24H28N2O6S/c1-4-32-18-10-12-26(20(14-18)16-5-7-17(8-6-16)24(27)28)33(29,30)23-19-9-11-25-22(19)15(2)13-21(23)31-3/h5-9,11,13,18,20,25H,4,10,12,14H2,1-3H3,(H,27,28)/t18-,20-/m0/s1. The third kappa shape index (κ3) is 4.23. The van der Waals surface area contributed by atoms with Gasteiger partial charge in [-0.3, -0.25) is 0 Å². The predicted octanol–water partition coefficient (Wildman–Crippen LogP) is 4.11. The average Bonchev–Trinajstić information content (AvgIpc) is 3.29. The lowest BCUT2D eigenvalue weighted by Gasteiger charge is -2.39. The smallest absolute Gasteiger partial charge is 0.335 e. The second-order valence-corrected chi connectivity index (χ2v) is 9.98. The number of aromatic amines is 1. The van der Waals surface area contributed by atoms with E-state index in [4.69, 9.17) is 9.47 Å². The highest BCUT2D eigenvalue weighted by Crippen LogP contribution is 2.42. The molecule has 1 aliphatic rings. The Balaban J connectivity index is 1.83. The van der Waals surface area contributed by atoms with Gasteiger partial charge in [0.05, 0.1) is 24.8 Å². The number of carboxylic acid groups (broad SMARTS) is 1. The molecule has 9 heteroatoms. The number of ether oxygens (including phenoxy) is 2. The number of carboxylic acids is 1. The number of methoxy groups -OCH3 is 1. The summed E-state index contributed by atoms with van der Waals surface area (Å²) in [6, 6.07) is 9.36. The van der Waals surface area contributed by atoms with Crippen molar-refractivity contribution < 1.29 is 27.8 Å². The second kappa shape index (κ2) is 9.17. The van der Waals surface area contributed by atoms with Crippen molar-refractivity contribution >= 4 is 26.9 Å². The van der Waals surface area contributed by atoms with Gasteiger partial charge in [0.1, 0.15) is 10.6 Å². The molecule has 2 aromatic carbocycles. The Hall–Kier alpha value is -2.88. The Labute approximate surface area is 193 Å². The first-order valence-electron chi connectivity index (χ1n) is 10.9. The largest absolute Gasteiger partial charge is 0.495 e. The van der Waals surface area contributed by atoms with Crippen LogP contribution in [-0.4, -0.2) is 55.1 Å². The molecule has 2 atom stereocenters. The molecule has 0 saturated carbocycles. The van der Waals surface area contributed by atoms with Gasteiger partial charge >= 0.3 is 5.97 Å². The highest BCUT2D eigenvalue weighted by Gasteiger charge is 2.40. The van der Waals surface area contributed by atoms with Crippen LogP contribution in [0, 0.1) is 6.92 Å². The molecule has 0 radical (unpaired) electrons. The van der Waals surface area contributed by atoms with Gasteiger partial charge in [0.25, 0.3) is 0 Å². The monoisotopic (exact) mass is 472 g/mol. The summed E-state index contributed by atoms with van der Waals surface area (Å²) in [6.07, 6.45) is 2.68. The first-order valence-corrected chi connectivity index (χ1v) is 12.3. The Bertz CT molecular complexity index is 1270. The van der Waals surface area contributed by atoms with Gasteiger partial charge in [0, 0.05) is 30.3 Å². The number of aromatic carboxylic acids is 1. The average molecular weight is 473 g/mol. The highest BCUT2D eigenvalue weighted by atomic mass is 32.2. The Morgan fingerprint density at radius 2 is 1.97 bits per heavy atom. The van der Waals surface area contributed by atoms with E-state index in [9.17, 15) is 18.3 Å². The molecule has 33 heavy (non-hydrogen) atoms. The normalized spacial score (nSPS) is 19.6. The Morgan fingerprint density at radius 3 is 2.61 bits per heavy atom. The van der Waals surface area contributed by atoms with E-state index in [0.29, 0.717) is 30.6 Å². The summed E-state index contributed by atoms with van der Waals surface area (Å²) in [4.78, 5) is 14.5. The number of nitrogens with zero attached hydrogens (tertiary/aromatic N) is 1. The summed E-state index contributed by atoms with van der Waals surface area (Å²) >= 11 is 0. The van der Waals surface area contributed by atoms with Crippen molar-refractivity contribution in [3.05, 3.63) is 59.3 Å². The van der Waals surface area contributed by atoms with E-state index in [0.717, 1.165) is 16.6 Å². The van der Waals surface area contributed by atoms with Crippen molar-refractivity contribution in [3.63, 3.8) is 0 Å². The van der Waals surface area contributed by atoms with Crippen LogP contribution in [0.2, 0.25) is 0 Å². The van der Waals surface area contributed by atoms with E-state index >= 15 is 0 Å². The summed E-state index contributed by atoms with van der Waals surface area (Å²) < 4.78 is 41.1. The number of nitrogens with one attached hydrogen (secondary N) is 1. The molecular formula is C24H28N2O6S. The van der Waals surface area contributed by atoms with Crippen LogP contribution in [0.3, 0.4) is 0 Å². The van der Waals surface area contributed by atoms with Gasteiger partial charge in [-0.1, -0.05) is 12.1 Å². The molecule has 0 unspecified atom stereocenters. The fraction of sp³-hybridized carbons (Fsp3) is 0.375. The number of rotatable bonds is 7. The molecule has 8 nitrogen and oxygen atoms in total. The van der Waals surface area contributed by atoms with Crippen LogP contribution in [0.25, 0.3) is 10.9 Å². The summed E-state index contributed by atoms with van der Waals surface area (Å²) in [5.41, 5.74) is 2.52. The van der Waals surface area contributed by atoms with Crippen LogP contribution >= 0.6 is 0 Å².